The highest BCUT2D eigenvalue weighted by Crippen LogP contribution is 2.34. The standard InChI is InChI=1S/C16H32.4C4H9O.2Al/c1-5-7-9-11-13-15(3)16(4)14-12-10-8-6-2;4*1-2-3-4-5;;/h15-16H,3-14H2,1-2H3;4*2-4H2,1H3;;/q;4*-1;2*+2/t15-,16-;;;;;;/m0....../s1. The van der Waals surface area contributed by atoms with Gasteiger partial charge in [0.05, 0.1) is 0 Å². The van der Waals surface area contributed by atoms with E-state index < -0.39 is 29.6 Å². The van der Waals surface area contributed by atoms with Crippen LogP contribution in [0.25, 0.3) is 0 Å². The Bertz CT molecular complexity index is 395. The van der Waals surface area contributed by atoms with Crippen LogP contribution in [0.3, 0.4) is 0 Å². The van der Waals surface area contributed by atoms with Gasteiger partial charge >= 0.3 is 29.6 Å². The minimum absolute atomic E-state index is 0.688. The van der Waals surface area contributed by atoms with Gasteiger partial charge in [-0.3, -0.25) is 0 Å². The van der Waals surface area contributed by atoms with Gasteiger partial charge in [0, 0.05) is 26.4 Å². The fourth-order valence-corrected chi connectivity index (χ4v) is 9.74. The summed E-state index contributed by atoms with van der Waals surface area (Å²) in [6.07, 6.45) is 22.7. The third-order valence-electron chi connectivity index (χ3n) is 7.72. The van der Waals surface area contributed by atoms with E-state index in [0.29, 0.717) is 11.8 Å². The first-order chi connectivity index (χ1) is 18.7. The second kappa shape index (κ2) is 30.9. The average Bonchev–Trinajstić information content (AvgIpc) is 2.92. The summed E-state index contributed by atoms with van der Waals surface area (Å²) < 4.78 is 26.0. The fourth-order valence-electron chi connectivity index (χ4n) is 5.06. The molecule has 38 heavy (non-hydrogen) atoms. The summed E-state index contributed by atoms with van der Waals surface area (Å²) in [4.78, 5) is 0. The van der Waals surface area contributed by atoms with Crippen LogP contribution in [0, 0.1) is 11.8 Å². The third kappa shape index (κ3) is 23.6. The lowest BCUT2D eigenvalue weighted by Crippen LogP contribution is -2.33. The Kier molecular flexibility index (Phi) is 31.6. The van der Waals surface area contributed by atoms with Gasteiger partial charge in [-0.1, -0.05) is 131 Å². The molecule has 0 spiro atoms. The van der Waals surface area contributed by atoms with E-state index >= 15 is 0 Å². The van der Waals surface area contributed by atoms with Crippen molar-refractivity contribution in [3.05, 3.63) is 0 Å². The molecule has 0 saturated carbocycles. The molecule has 226 valence electrons. The van der Waals surface area contributed by atoms with E-state index in [1.165, 1.54) is 100 Å². The van der Waals surface area contributed by atoms with Crippen LogP contribution >= 0.6 is 0 Å². The van der Waals surface area contributed by atoms with E-state index in [0.717, 1.165) is 52.1 Å². The Balaban J connectivity index is 5.66. The molecule has 4 nitrogen and oxygen atoms in total. The van der Waals surface area contributed by atoms with Gasteiger partial charge in [-0.05, 0) is 48.1 Å². The maximum Gasteiger partial charge on any atom is 0.674 e. The largest absolute Gasteiger partial charge is 0.674 e. The predicted molar refractivity (Wildman–Crippen MR) is 169 cm³/mol. The highest BCUT2D eigenvalue weighted by molar-refractivity contribution is 6.45. The zero-order chi connectivity index (χ0) is 28.1. The highest BCUT2D eigenvalue weighted by atomic mass is 27.2. The monoisotopic (exact) mass is 570 g/mol. The zero-order valence-electron chi connectivity index (χ0n) is 26.9. The Hall–Kier alpha value is 0.905. The van der Waals surface area contributed by atoms with Crippen molar-refractivity contribution in [3.63, 3.8) is 0 Å². The van der Waals surface area contributed by atoms with Crippen LogP contribution in [0.5, 0.6) is 0 Å². The molecule has 0 aromatic heterocycles. The van der Waals surface area contributed by atoms with Crippen molar-refractivity contribution in [2.24, 2.45) is 11.8 Å². The second-order valence-corrected chi connectivity index (χ2v) is 15.4. The Morgan fingerprint density at radius 2 is 0.658 bits per heavy atom. The lowest BCUT2D eigenvalue weighted by Gasteiger charge is -2.30. The first-order valence-electron chi connectivity index (χ1n) is 17.1. The molecule has 0 aromatic rings. The normalized spacial score (nSPS) is 13.1. The fraction of sp³-hybridized carbons (Fsp3) is 1.00. The topological polar surface area (TPSA) is 36.9 Å². The van der Waals surface area contributed by atoms with E-state index in [2.05, 4.69) is 41.5 Å². The predicted octanol–water partition coefficient (Wildman–Crippen LogP) is 10.4. The molecule has 0 aromatic carbocycles. The van der Waals surface area contributed by atoms with Gasteiger partial charge in [0.1, 0.15) is 0 Å². The summed E-state index contributed by atoms with van der Waals surface area (Å²) in [6.45, 7) is 17.1. The van der Waals surface area contributed by atoms with Crippen molar-refractivity contribution < 1.29 is 15.2 Å². The molecule has 2 atom stereocenters. The van der Waals surface area contributed by atoms with Gasteiger partial charge in [0.25, 0.3) is 0 Å². The van der Waals surface area contributed by atoms with Crippen LogP contribution in [0.2, 0.25) is 10.6 Å². The molecule has 0 heterocycles. The molecule has 0 aliphatic rings. The minimum atomic E-state index is -1.68. The van der Waals surface area contributed by atoms with Crippen LogP contribution < -0.4 is 0 Å². The van der Waals surface area contributed by atoms with E-state index in [4.69, 9.17) is 15.2 Å². The van der Waals surface area contributed by atoms with Crippen molar-refractivity contribution in [3.8, 4) is 0 Å². The summed E-state index contributed by atoms with van der Waals surface area (Å²) >= 11 is -3.37. The van der Waals surface area contributed by atoms with E-state index in [1.807, 2.05) is 0 Å². The lowest BCUT2D eigenvalue weighted by molar-refractivity contribution is 0.167. The minimum Gasteiger partial charge on any atom is -0.478 e. The number of rotatable bonds is 31. The van der Waals surface area contributed by atoms with Crippen molar-refractivity contribution in [2.75, 3.05) is 26.4 Å². The van der Waals surface area contributed by atoms with E-state index in [-0.39, 0.29) is 0 Å². The maximum absolute atomic E-state index is 6.51. The van der Waals surface area contributed by atoms with Gasteiger partial charge in [-0.25, -0.2) is 0 Å². The lowest BCUT2D eigenvalue weighted by atomic mass is 9.86. The molecule has 0 rings (SSSR count). The highest BCUT2D eigenvalue weighted by Gasteiger charge is 2.37. The number of hydrogen-bond acceptors (Lipinski definition) is 4. The van der Waals surface area contributed by atoms with Gasteiger partial charge in [0.2, 0.25) is 0 Å². The molecule has 0 unspecified atom stereocenters. The van der Waals surface area contributed by atoms with Gasteiger partial charge < -0.3 is 15.2 Å². The van der Waals surface area contributed by atoms with Crippen molar-refractivity contribution in [2.45, 2.75) is 168 Å². The summed E-state index contributed by atoms with van der Waals surface area (Å²) in [7, 11) is 0. The first kappa shape index (κ1) is 38.9. The molecule has 0 radical (unpaired) electrons. The second-order valence-electron chi connectivity index (χ2n) is 11.4. The van der Waals surface area contributed by atoms with Crippen LogP contribution in [0.15, 0.2) is 0 Å². The van der Waals surface area contributed by atoms with Crippen LogP contribution in [0.1, 0.15) is 157 Å². The van der Waals surface area contributed by atoms with Crippen LogP contribution in [0.4, 0.5) is 0 Å². The van der Waals surface area contributed by atoms with E-state index in [9.17, 15) is 0 Å². The van der Waals surface area contributed by atoms with Gasteiger partial charge in [-0.15, -0.1) is 0 Å². The molecular weight excluding hydrogens is 502 g/mol. The van der Waals surface area contributed by atoms with Gasteiger partial charge in [0.15, 0.2) is 0 Å². The van der Waals surface area contributed by atoms with Gasteiger partial charge in [-0.2, -0.15) is 0 Å². The van der Waals surface area contributed by atoms with Crippen molar-refractivity contribution in [1.82, 2.24) is 0 Å². The third-order valence-corrected chi connectivity index (χ3v) is 12.1. The molecule has 0 aliphatic carbocycles. The molecule has 6 heteroatoms. The summed E-state index contributed by atoms with van der Waals surface area (Å²) in [5.74, 6) is 1.38. The average molecular weight is 571 g/mol. The number of hydrogen-bond donors (Lipinski definition) is 0. The van der Waals surface area contributed by atoms with Crippen LogP contribution in [-0.4, -0.2) is 56.1 Å². The Morgan fingerprint density at radius 3 is 0.921 bits per heavy atom. The molecule has 0 bridgehead atoms. The first-order valence-corrected chi connectivity index (χ1v) is 20.6. The molecule has 0 amide bonds. The molecule has 0 fully saturated rings. The maximum atomic E-state index is 6.51. The Labute approximate surface area is 249 Å². The SMILES string of the molecule is CCCCCC[C@H]([CH2][Al]([O]CCCC)[O]CCCC)[C@H](CCCCCC)[CH2][Al]([O]CCCC)[O]CCCC. The van der Waals surface area contributed by atoms with Crippen molar-refractivity contribution in [1.29, 1.82) is 0 Å². The van der Waals surface area contributed by atoms with E-state index in [1.54, 1.807) is 0 Å². The number of unbranched alkanes of at least 4 members (excludes halogenated alkanes) is 10. The molecule has 0 N–H and O–H groups in total. The molecule has 0 saturated heterocycles. The molecule has 0 aliphatic heterocycles. The quantitative estimate of drug-likeness (QED) is 0.0614. The summed E-state index contributed by atoms with van der Waals surface area (Å²) in [6, 6.07) is 0. The summed E-state index contributed by atoms with van der Waals surface area (Å²) in [5, 5.41) is 2.34. The zero-order valence-corrected chi connectivity index (χ0v) is 29.2. The molecular formula is C32H68Al2O4. The van der Waals surface area contributed by atoms with Crippen molar-refractivity contribution >= 4 is 29.6 Å². The smallest absolute Gasteiger partial charge is 0.478 e. The Morgan fingerprint density at radius 1 is 0.368 bits per heavy atom. The summed E-state index contributed by atoms with van der Waals surface area (Å²) in [5.41, 5.74) is 0. The van der Waals surface area contributed by atoms with Crippen LogP contribution in [-0.2, 0) is 15.2 Å².